The summed E-state index contributed by atoms with van der Waals surface area (Å²) in [5.74, 6) is 0. The van der Waals surface area contributed by atoms with Crippen LogP contribution in [0.1, 0.15) is 21.5 Å². The summed E-state index contributed by atoms with van der Waals surface area (Å²) >= 11 is 0. The van der Waals surface area contributed by atoms with Crippen molar-refractivity contribution in [1.29, 1.82) is 0 Å². The van der Waals surface area contributed by atoms with Crippen molar-refractivity contribution >= 4 is 6.29 Å². The summed E-state index contributed by atoms with van der Waals surface area (Å²) in [5, 5.41) is 0. The Morgan fingerprint density at radius 1 is 0.350 bits per heavy atom. The third kappa shape index (κ3) is 9.38. The molecule has 0 heterocycles. The van der Waals surface area contributed by atoms with Gasteiger partial charge in [-0.2, -0.15) is 0 Å². The van der Waals surface area contributed by atoms with E-state index in [9.17, 15) is 4.79 Å². The van der Waals surface area contributed by atoms with Crippen molar-refractivity contribution in [3.8, 4) is 22.3 Å². The minimum absolute atomic E-state index is 0.729. The van der Waals surface area contributed by atoms with Gasteiger partial charge in [-0.05, 0) is 52.3 Å². The van der Waals surface area contributed by atoms with E-state index in [4.69, 9.17) is 0 Å². The van der Waals surface area contributed by atoms with E-state index in [1.807, 2.05) is 30.3 Å². The van der Waals surface area contributed by atoms with Gasteiger partial charge in [0.2, 0.25) is 0 Å². The summed E-state index contributed by atoms with van der Waals surface area (Å²) in [5.41, 5.74) is 8.60. The highest BCUT2D eigenvalue weighted by Gasteiger charge is 2.00. The highest BCUT2D eigenvalue weighted by Crippen LogP contribution is 2.25. The van der Waals surface area contributed by atoms with E-state index in [2.05, 4.69) is 133 Å². The third-order valence-corrected chi connectivity index (χ3v) is 6.40. The standard InChI is InChI=1S/C18H14.C14H14.C7H6O/c1-3-8-15(9-4-1)17-12-7-13-18(14-17)16-10-5-2-6-11-16;1-3-7-13(8-4-1)11-12-14-9-5-2-6-10-14;8-6-7-4-2-1-3-5-7/h1-14H;1-10H,11-12H2;1-6H. The molecule has 0 aliphatic carbocycles. The molecule has 0 aliphatic rings. The largest absolute Gasteiger partial charge is 0.298 e. The Morgan fingerprint density at radius 2 is 0.675 bits per heavy atom. The summed E-state index contributed by atoms with van der Waals surface area (Å²) in [4.78, 5) is 10.0. The molecule has 6 aromatic rings. The van der Waals surface area contributed by atoms with Gasteiger partial charge in [0.05, 0.1) is 0 Å². The van der Waals surface area contributed by atoms with E-state index in [0.717, 1.165) is 24.7 Å². The van der Waals surface area contributed by atoms with Crippen molar-refractivity contribution in [2.75, 3.05) is 0 Å². The van der Waals surface area contributed by atoms with Gasteiger partial charge in [-0.15, -0.1) is 0 Å². The fourth-order valence-electron chi connectivity index (χ4n) is 4.25. The average Bonchev–Trinajstić information content (AvgIpc) is 3.07. The van der Waals surface area contributed by atoms with Crippen LogP contribution in [0.15, 0.2) is 176 Å². The number of carbonyl (C=O) groups excluding carboxylic acids is 1. The second kappa shape index (κ2) is 16.1. The highest BCUT2D eigenvalue weighted by molar-refractivity contribution is 5.74. The minimum atomic E-state index is 0.729. The van der Waals surface area contributed by atoms with Gasteiger partial charge in [-0.25, -0.2) is 0 Å². The van der Waals surface area contributed by atoms with Crippen molar-refractivity contribution in [3.63, 3.8) is 0 Å². The van der Waals surface area contributed by atoms with Crippen molar-refractivity contribution in [3.05, 3.63) is 193 Å². The number of aryl methyl sites for hydroxylation is 2. The van der Waals surface area contributed by atoms with Gasteiger partial charge in [0.25, 0.3) is 0 Å². The van der Waals surface area contributed by atoms with E-state index in [1.165, 1.54) is 33.4 Å². The normalized spacial score (nSPS) is 9.80. The maximum atomic E-state index is 10.0. The van der Waals surface area contributed by atoms with Crippen LogP contribution in [0.5, 0.6) is 0 Å². The molecule has 0 bridgehead atoms. The quantitative estimate of drug-likeness (QED) is 0.201. The Morgan fingerprint density at radius 3 is 1.02 bits per heavy atom. The number of benzene rings is 6. The molecule has 0 N–H and O–H groups in total. The van der Waals surface area contributed by atoms with Crippen LogP contribution in [0.4, 0.5) is 0 Å². The molecular formula is C39H34O. The first kappa shape index (κ1) is 28.0. The molecule has 0 radical (unpaired) electrons. The molecule has 0 saturated heterocycles. The number of aldehydes is 1. The van der Waals surface area contributed by atoms with E-state index in [0.29, 0.717) is 0 Å². The summed E-state index contributed by atoms with van der Waals surface area (Å²) in [6.07, 6.45) is 3.09. The predicted octanol–water partition coefficient (Wildman–Crippen LogP) is 9.99. The molecule has 0 amide bonds. The topological polar surface area (TPSA) is 17.1 Å². The molecule has 0 aliphatic heterocycles. The van der Waals surface area contributed by atoms with Crippen LogP contribution in [-0.2, 0) is 12.8 Å². The predicted molar refractivity (Wildman–Crippen MR) is 169 cm³/mol. The molecule has 0 aromatic heterocycles. The maximum Gasteiger partial charge on any atom is 0.150 e. The third-order valence-electron chi connectivity index (χ3n) is 6.40. The fourth-order valence-corrected chi connectivity index (χ4v) is 4.25. The smallest absolute Gasteiger partial charge is 0.150 e. The van der Waals surface area contributed by atoms with Gasteiger partial charge in [-0.1, -0.05) is 170 Å². The molecule has 196 valence electrons. The molecule has 1 nitrogen and oxygen atoms in total. The Labute approximate surface area is 238 Å². The molecule has 0 fully saturated rings. The number of carbonyl (C=O) groups is 1. The first-order valence-electron chi connectivity index (χ1n) is 13.6. The van der Waals surface area contributed by atoms with Gasteiger partial charge in [-0.3, -0.25) is 4.79 Å². The van der Waals surface area contributed by atoms with Crippen molar-refractivity contribution < 1.29 is 4.79 Å². The van der Waals surface area contributed by atoms with E-state index >= 15 is 0 Å². The molecule has 40 heavy (non-hydrogen) atoms. The van der Waals surface area contributed by atoms with Crippen LogP contribution in [0.25, 0.3) is 22.3 Å². The Kier molecular flexibility index (Phi) is 11.2. The van der Waals surface area contributed by atoms with E-state index in [1.54, 1.807) is 12.1 Å². The van der Waals surface area contributed by atoms with Gasteiger partial charge in [0, 0.05) is 5.56 Å². The van der Waals surface area contributed by atoms with Crippen molar-refractivity contribution in [2.24, 2.45) is 0 Å². The zero-order valence-electron chi connectivity index (χ0n) is 22.6. The van der Waals surface area contributed by atoms with E-state index < -0.39 is 0 Å². The number of hydrogen-bond donors (Lipinski definition) is 0. The molecule has 0 spiro atoms. The molecule has 1 heteroatoms. The number of hydrogen-bond acceptors (Lipinski definition) is 1. The van der Waals surface area contributed by atoms with Crippen LogP contribution in [0.3, 0.4) is 0 Å². The average molecular weight is 519 g/mol. The summed E-state index contributed by atoms with van der Waals surface area (Å²) < 4.78 is 0. The fraction of sp³-hybridized carbons (Fsp3) is 0.0513. The summed E-state index contributed by atoms with van der Waals surface area (Å²) in [6, 6.07) is 60.0. The van der Waals surface area contributed by atoms with Gasteiger partial charge in [0.15, 0.2) is 0 Å². The van der Waals surface area contributed by atoms with Gasteiger partial charge < -0.3 is 0 Å². The Bertz CT molecular complexity index is 1420. The molecule has 0 saturated carbocycles. The van der Waals surface area contributed by atoms with E-state index in [-0.39, 0.29) is 0 Å². The second-order valence-electron chi connectivity index (χ2n) is 9.31. The Hall–Kier alpha value is -5.01. The first-order chi connectivity index (χ1) is 19.8. The van der Waals surface area contributed by atoms with Gasteiger partial charge >= 0.3 is 0 Å². The minimum Gasteiger partial charge on any atom is -0.298 e. The highest BCUT2D eigenvalue weighted by atomic mass is 16.1. The van der Waals surface area contributed by atoms with Gasteiger partial charge in [0.1, 0.15) is 6.29 Å². The zero-order chi connectivity index (χ0) is 27.7. The lowest BCUT2D eigenvalue weighted by Gasteiger charge is -2.05. The number of rotatable bonds is 6. The van der Waals surface area contributed by atoms with Crippen LogP contribution in [-0.4, -0.2) is 6.29 Å². The lowest BCUT2D eigenvalue weighted by atomic mass is 9.99. The van der Waals surface area contributed by atoms with Crippen molar-refractivity contribution in [1.82, 2.24) is 0 Å². The SMILES string of the molecule is O=Cc1ccccc1.c1ccc(-c2cccc(-c3ccccc3)c2)cc1.c1ccc(CCc2ccccc2)cc1. The Balaban J connectivity index is 0.000000149. The lowest BCUT2D eigenvalue weighted by Crippen LogP contribution is -1.89. The lowest BCUT2D eigenvalue weighted by molar-refractivity contribution is 0.112. The van der Waals surface area contributed by atoms with Crippen LogP contribution < -0.4 is 0 Å². The first-order valence-corrected chi connectivity index (χ1v) is 13.6. The molecular weight excluding hydrogens is 484 g/mol. The van der Waals surface area contributed by atoms with Crippen molar-refractivity contribution in [2.45, 2.75) is 12.8 Å². The zero-order valence-corrected chi connectivity index (χ0v) is 22.6. The second-order valence-corrected chi connectivity index (χ2v) is 9.31. The maximum absolute atomic E-state index is 10.0. The summed E-state index contributed by atoms with van der Waals surface area (Å²) in [7, 11) is 0. The molecule has 0 atom stereocenters. The molecule has 0 unspecified atom stereocenters. The summed E-state index contributed by atoms with van der Waals surface area (Å²) in [6.45, 7) is 0. The van der Waals surface area contributed by atoms with Crippen LogP contribution in [0, 0.1) is 0 Å². The van der Waals surface area contributed by atoms with Crippen LogP contribution in [0.2, 0.25) is 0 Å². The molecule has 6 rings (SSSR count). The van der Waals surface area contributed by atoms with Crippen LogP contribution >= 0.6 is 0 Å². The monoisotopic (exact) mass is 518 g/mol. The molecule has 6 aromatic carbocycles.